The SMILES string of the molecule is COc1cc(=O)c(C(=O)N2CCCC2)nn1-c1ccc(C)cc1. The van der Waals surface area contributed by atoms with Gasteiger partial charge in [-0.1, -0.05) is 17.7 Å². The summed E-state index contributed by atoms with van der Waals surface area (Å²) >= 11 is 0. The van der Waals surface area contributed by atoms with E-state index in [0.29, 0.717) is 19.0 Å². The van der Waals surface area contributed by atoms with E-state index in [2.05, 4.69) is 5.10 Å². The van der Waals surface area contributed by atoms with Crippen molar-refractivity contribution >= 4 is 5.91 Å². The largest absolute Gasteiger partial charge is 0.481 e. The van der Waals surface area contributed by atoms with Gasteiger partial charge in [-0.3, -0.25) is 9.59 Å². The zero-order valence-electron chi connectivity index (χ0n) is 13.3. The van der Waals surface area contributed by atoms with Gasteiger partial charge in [-0.2, -0.15) is 5.10 Å². The maximum Gasteiger partial charge on any atom is 0.278 e. The van der Waals surface area contributed by atoms with Gasteiger partial charge in [-0.25, -0.2) is 4.68 Å². The third-order valence-corrected chi connectivity index (χ3v) is 3.98. The Kier molecular flexibility index (Phi) is 4.14. The van der Waals surface area contributed by atoms with Crippen LogP contribution < -0.4 is 10.2 Å². The van der Waals surface area contributed by atoms with E-state index in [1.807, 2.05) is 31.2 Å². The smallest absolute Gasteiger partial charge is 0.278 e. The molecule has 120 valence electrons. The lowest BCUT2D eigenvalue weighted by atomic mass is 10.2. The fourth-order valence-electron chi connectivity index (χ4n) is 2.67. The van der Waals surface area contributed by atoms with Gasteiger partial charge >= 0.3 is 0 Å². The summed E-state index contributed by atoms with van der Waals surface area (Å²) in [6.07, 6.45) is 1.93. The normalized spacial score (nSPS) is 14.1. The van der Waals surface area contributed by atoms with E-state index in [1.54, 1.807) is 4.90 Å². The predicted molar refractivity (Wildman–Crippen MR) is 86.3 cm³/mol. The average molecular weight is 313 g/mol. The molecule has 2 aromatic rings. The van der Waals surface area contributed by atoms with Crippen molar-refractivity contribution in [2.75, 3.05) is 20.2 Å². The molecule has 1 aromatic carbocycles. The van der Waals surface area contributed by atoms with Crippen molar-refractivity contribution in [2.45, 2.75) is 19.8 Å². The first kappa shape index (κ1) is 15.3. The van der Waals surface area contributed by atoms with E-state index in [4.69, 9.17) is 4.74 Å². The summed E-state index contributed by atoms with van der Waals surface area (Å²) in [7, 11) is 1.48. The zero-order chi connectivity index (χ0) is 16.4. The Hall–Kier alpha value is -2.63. The summed E-state index contributed by atoms with van der Waals surface area (Å²) in [5.74, 6) is -0.00663. The summed E-state index contributed by atoms with van der Waals surface area (Å²) < 4.78 is 6.74. The minimum Gasteiger partial charge on any atom is -0.481 e. The molecule has 1 fully saturated rings. The second-order valence-electron chi connectivity index (χ2n) is 5.65. The molecule has 1 aliphatic rings. The molecule has 1 aliphatic heterocycles. The molecule has 1 aromatic heterocycles. The second-order valence-corrected chi connectivity index (χ2v) is 5.65. The highest BCUT2D eigenvalue weighted by Crippen LogP contribution is 2.17. The molecule has 0 spiro atoms. The quantitative estimate of drug-likeness (QED) is 0.866. The summed E-state index contributed by atoms with van der Waals surface area (Å²) in [6, 6.07) is 8.95. The molecular weight excluding hydrogens is 294 g/mol. The van der Waals surface area contributed by atoms with Crippen LogP contribution in [-0.4, -0.2) is 40.8 Å². The maximum absolute atomic E-state index is 12.5. The van der Waals surface area contributed by atoms with Gasteiger partial charge in [-0.05, 0) is 31.9 Å². The number of ether oxygens (including phenoxy) is 1. The van der Waals surface area contributed by atoms with Crippen molar-refractivity contribution in [1.82, 2.24) is 14.7 Å². The average Bonchev–Trinajstić information content (AvgIpc) is 3.09. The highest BCUT2D eigenvalue weighted by Gasteiger charge is 2.24. The molecule has 0 atom stereocenters. The van der Waals surface area contributed by atoms with Crippen LogP contribution in [0.2, 0.25) is 0 Å². The number of hydrogen-bond acceptors (Lipinski definition) is 4. The van der Waals surface area contributed by atoms with Gasteiger partial charge in [0.05, 0.1) is 18.9 Å². The van der Waals surface area contributed by atoms with E-state index in [0.717, 1.165) is 24.1 Å². The first-order chi connectivity index (χ1) is 11.1. The molecule has 0 saturated carbocycles. The van der Waals surface area contributed by atoms with Crippen LogP contribution in [0.15, 0.2) is 35.1 Å². The second kappa shape index (κ2) is 6.24. The molecule has 6 nitrogen and oxygen atoms in total. The van der Waals surface area contributed by atoms with Gasteiger partial charge in [0.2, 0.25) is 11.3 Å². The third-order valence-electron chi connectivity index (χ3n) is 3.98. The molecule has 0 N–H and O–H groups in total. The molecule has 1 saturated heterocycles. The fourth-order valence-corrected chi connectivity index (χ4v) is 2.67. The Bertz CT molecular complexity index is 775. The summed E-state index contributed by atoms with van der Waals surface area (Å²) in [4.78, 5) is 26.4. The fraction of sp³-hybridized carbons (Fsp3) is 0.353. The third kappa shape index (κ3) is 2.97. The number of carbonyl (C=O) groups excluding carboxylic acids is 1. The number of hydrogen-bond donors (Lipinski definition) is 0. The van der Waals surface area contributed by atoms with Gasteiger partial charge in [0.25, 0.3) is 5.91 Å². The highest BCUT2D eigenvalue weighted by atomic mass is 16.5. The molecule has 0 radical (unpaired) electrons. The Morgan fingerprint density at radius 3 is 2.43 bits per heavy atom. The number of benzene rings is 1. The lowest BCUT2D eigenvalue weighted by molar-refractivity contribution is 0.0783. The molecule has 1 amide bonds. The monoisotopic (exact) mass is 313 g/mol. The first-order valence-corrected chi connectivity index (χ1v) is 7.65. The number of carbonyl (C=O) groups is 1. The minimum atomic E-state index is -0.415. The lowest BCUT2D eigenvalue weighted by Crippen LogP contribution is -2.34. The number of nitrogens with zero attached hydrogens (tertiary/aromatic N) is 3. The van der Waals surface area contributed by atoms with Gasteiger partial charge in [0, 0.05) is 13.1 Å². The van der Waals surface area contributed by atoms with Crippen molar-refractivity contribution in [3.8, 4) is 11.6 Å². The van der Waals surface area contributed by atoms with Crippen LogP contribution in [0.4, 0.5) is 0 Å². The number of likely N-dealkylation sites (tertiary alicyclic amines) is 1. The van der Waals surface area contributed by atoms with Crippen molar-refractivity contribution in [2.24, 2.45) is 0 Å². The van der Waals surface area contributed by atoms with Crippen LogP contribution in [0.1, 0.15) is 28.9 Å². The number of rotatable bonds is 3. The van der Waals surface area contributed by atoms with Crippen LogP contribution in [0.25, 0.3) is 5.69 Å². The Morgan fingerprint density at radius 1 is 1.17 bits per heavy atom. The van der Waals surface area contributed by atoms with Crippen LogP contribution >= 0.6 is 0 Å². The molecule has 2 heterocycles. The maximum atomic E-state index is 12.5. The van der Waals surface area contributed by atoms with Crippen LogP contribution in [-0.2, 0) is 0 Å². The topological polar surface area (TPSA) is 64.4 Å². The number of methoxy groups -OCH3 is 1. The van der Waals surface area contributed by atoms with Crippen LogP contribution in [0.5, 0.6) is 5.88 Å². The van der Waals surface area contributed by atoms with Gasteiger partial charge < -0.3 is 9.64 Å². The molecule has 0 unspecified atom stereocenters. The van der Waals surface area contributed by atoms with Crippen LogP contribution in [0, 0.1) is 6.92 Å². The van der Waals surface area contributed by atoms with Gasteiger partial charge in [0.1, 0.15) is 0 Å². The molecule has 0 bridgehead atoms. The van der Waals surface area contributed by atoms with Crippen molar-refractivity contribution in [3.63, 3.8) is 0 Å². The number of aromatic nitrogens is 2. The van der Waals surface area contributed by atoms with Gasteiger partial charge in [-0.15, -0.1) is 0 Å². The van der Waals surface area contributed by atoms with E-state index < -0.39 is 5.43 Å². The van der Waals surface area contributed by atoms with Gasteiger partial charge in [0.15, 0.2) is 5.69 Å². The molecule has 6 heteroatoms. The molecular formula is C17H19N3O3. The van der Waals surface area contributed by atoms with Crippen molar-refractivity contribution in [3.05, 3.63) is 51.8 Å². The summed E-state index contributed by atoms with van der Waals surface area (Å²) in [5.41, 5.74) is 1.38. The van der Waals surface area contributed by atoms with E-state index in [1.165, 1.54) is 17.9 Å². The molecule has 3 rings (SSSR count). The first-order valence-electron chi connectivity index (χ1n) is 7.65. The van der Waals surface area contributed by atoms with Crippen molar-refractivity contribution < 1.29 is 9.53 Å². The highest BCUT2D eigenvalue weighted by molar-refractivity contribution is 5.92. The Morgan fingerprint density at radius 2 is 1.83 bits per heavy atom. The predicted octanol–water partition coefficient (Wildman–Crippen LogP) is 1.79. The van der Waals surface area contributed by atoms with E-state index in [-0.39, 0.29) is 11.6 Å². The molecule has 0 aliphatic carbocycles. The minimum absolute atomic E-state index is 0.0618. The summed E-state index contributed by atoms with van der Waals surface area (Å²) in [6.45, 7) is 3.34. The number of amides is 1. The van der Waals surface area contributed by atoms with E-state index >= 15 is 0 Å². The molecule has 23 heavy (non-hydrogen) atoms. The standard InChI is InChI=1S/C17H19N3O3/c1-12-5-7-13(8-6-12)20-15(23-2)11-14(21)16(18-20)17(22)19-9-3-4-10-19/h5-8,11H,3-4,9-10H2,1-2H3. The zero-order valence-corrected chi connectivity index (χ0v) is 13.3. The van der Waals surface area contributed by atoms with Crippen LogP contribution in [0.3, 0.4) is 0 Å². The Balaban J connectivity index is 2.08. The Labute approximate surface area is 134 Å². The summed E-state index contributed by atoms with van der Waals surface area (Å²) in [5, 5.41) is 4.28. The van der Waals surface area contributed by atoms with E-state index in [9.17, 15) is 9.59 Å². The lowest BCUT2D eigenvalue weighted by Gasteiger charge is -2.16. The number of aryl methyl sites for hydroxylation is 1. The van der Waals surface area contributed by atoms with Crippen molar-refractivity contribution in [1.29, 1.82) is 0 Å².